The number of methoxy groups -OCH3 is 1. The van der Waals surface area contributed by atoms with Crippen molar-refractivity contribution in [3.8, 4) is 0 Å². The molecule has 1 rings (SSSR count). The third-order valence-corrected chi connectivity index (χ3v) is 1.70. The van der Waals surface area contributed by atoms with E-state index in [1.165, 1.54) is 0 Å². The summed E-state index contributed by atoms with van der Waals surface area (Å²) in [5, 5.41) is 0. The highest BCUT2D eigenvalue weighted by atomic mass is 16.9. The van der Waals surface area contributed by atoms with Crippen molar-refractivity contribution < 1.29 is 14.2 Å². The van der Waals surface area contributed by atoms with Crippen molar-refractivity contribution in [1.29, 1.82) is 0 Å². The number of hydrogen-bond donors (Lipinski definition) is 0. The van der Waals surface area contributed by atoms with E-state index in [9.17, 15) is 0 Å². The van der Waals surface area contributed by atoms with Crippen molar-refractivity contribution in [3.05, 3.63) is 0 Å². The lowest BCUT2D eigenvalue weighted by molar-refractivity contribution is -0.326. The summed E-state index contributed by atoms with van der Waals surface area (Å²) in [6.07, 6.45) is 0.795. The van der Waals surface area contributed by atoms with E-state index in [0.717, 1.165) is 6.42 Å². The van der Waals surface area contributed by atoms with Crippen LogP contribution in [0.4, 0.5) is 0 Å². The van der Waals surface area contributed by atoms with Crippen LogP contribution in [0.5, 0.6) is 0 Å². The standard InChI is InChI=1S/C8H16O3/c1-7(2)6-8(9-3)10-4-5-11-8/h7H,4-6H2,1-3H3. The zero-order valence-electron chi connectivity index (χ0n) is 7.42. The molecule has 3 heteroatoms. The molecule has 0 amide bonds. The lowest BCUT2D eigenvalue weighted by Crippen LogP contribution is -2.33. The molecule has 1 aliphatic rings. The van der Waals surface area contributed by atoms with Gasteiger partial charge in [-0.3, -0.25) is 0 Å². The second-order valence-electron chi connectivity index (χ2n) is 3.18. The molecule has 0 aliphatic carbocycles. The molecule has 0 atom stereocenters. The molecule has 1 saturated heterocycles. The molecule has 0 aromatic heterocycles. The smallest absolute Gasteiger partial charge is 0.283 e. The molecule has 1 fully saturated rings. The average Bonchev–Trinajstić information content (AvgIpc) is 2.36. The van der Waals surface area contributed by atoms with Gasteiger partial charge in [-0.15, -0.1) is 0 Å². The van der Waals surface area contributed by atoms with Crippen molar-refractivity contribution in [1.82, 2.24) is 0 Å². The number of ether oxygens (including phenoxy) is 3. The second kappa shape index (κ2) is 3.52. The molecule has 0 N–H and O–H groups in total. The van der Waals surface area contributed by atoms with Gasteiger partial charge in [-0.1, -0.05) is 13.8 Å². The van der Waals surface area contributed by atoms with Gasteiger partial charge in [0.05, 0.1) is 13.2 Å². The van der Waals surface area contributed by atoms with E-state index in [1.807, 2.05) is 0 Å². The zero-order valence-corrected chi connectivity index (χ0v) is 7.42. The Balaban J connectivity index is 2.45. The SMILES string of the molecule is COC1(CC(C)C)OCCO1. The highest BCUT2D eigenvalue weighted by Gasteiger charge is 2.37. The van der Waals surface area contributed by atoms with Gasteiger partial charge in [0, 0.05) is 13.5 Å². The maximum absolute atomic E-state index is 5.36. The molecule has 3 nitrogen and oxygen atoms in total. The third-order valence-electron chi connectivity index (χ3n) is 1.70. The normalized spacial score (nSPS) is 22.9. The first-order valence-electron chi connectivity index (χ1n) is 4.01. The summed E-state index contributed by atoms with van der Waals surface area (Å²) in [7, 11) is 1.62. The van der Waals surface area contributed by atoms with E-state index >= 15 is 0 Å². The lowest BCUT2D eigenvalue weighted by Gasteiger charge is -2.26. The molecule has 11 heavy (non-hydrogen) atoms. The van der Waals surface area contributed by atoms with Crippen LogP contribution < -0.4 is 0 Å². The Morgan fingerprint density at radius 1 is 1.36 bits per heavy atom. The zero-order chi connectivity index (χ0) is 8.32. The molecule has 1 heterocycles. The third kappa shape index (κ3) is 2.15. The summed E-state index contributed by atoms with van der Waals surface area (Å²) < 4.78 is 15.9. The summed E-state index contributed by atoms with van der Waals surface area (Å²) >= 11 is 0. The van der Waals surface area contributed by atoms with E-state index in [1.54, 1.807) is 7.11 Å². The van der Waals surface area contributed by atoms with Crippen molar-refractivity contribution in [3.63, 3.8) is 0 Å². The number of hydrogen-bond acceptors (Lipinski definition) is 3. The Hall–Kier alpha value is -0.120. The van der Waals surface area contributed by atoms with Gasteiger partial charge in [0.2, 0.25) is 0 Å². The molecule has 0 bridgehead atoms. The first-order valence-corrected chi connectivity index (χ1v) is 4.01. The fraction of sp³-hybridized carbons (Fsp3) is 1.00. The predicted octanol–water partition coefficient (Wildman–Crippen LogP) is 1.38. The Morgan fingerprint density at radius 2 is 1.91 bits per heavy atom. The monoisotopic (exact) mass is 160 g/mol. The Bertz CT molecular complexity index is 117. The topological polar surface area (TPSA) is 27.7 Å². The van der Waals surface area contributed by atoms with E-state index in [0.29, 0.717) is 19.1 Å². The fourth-order valence-corrected chi connectivity index (χ4v) is 1.26. The Morgan fingerprint density at radius 3 is 2.27 bits per heavy atom. The molecule has 0 unspecified atom stereocenters. The summed E-state index contributed by atoms with van der Waals surface area (Å²) in [5.74, 6) is -0.221. The summed E-state index contributed by atoms with van der Waals surface area (Å²) in [4.78, 5) is 0. The average molecular weight is 160 g/mol. The molecular formula is C8H16O3. The van der Waals surface area contributed by atoms with Crippen LogP contribution in [0, 0.1) is 5.92 Å². The van der Waals surface area contributed by atoms with Crippen LogP contribution >= 0.6 is 0 Å². The highest BCUT2D eigenvalue weighted by molar-refractivity contribution is 4.64. The van der Waals surface area contributed by atoms with Crippen LogP contribution in [-0.4, -0.2) is 26.3 Å². The molecule has 0 spiro atoms. The van der Waals surface area contributed by atoms with Gasteiger partial charge in [-0.05, 0) is 5.92 Å². The maximum Gasteiger partial charge on any atom is 0.283 e. The van der Waals surface area contributed by atoms with Gasteiger partial charge in [0.25, 0.3) is 5.97 Å². The maximum atomic E-state index is 5.36. The van der Waals surface area contributed by atoms with Gasteiger partial charge in [0.1, 0.15) is 0 Å². The van der Waals surface area contributed by atoms with E-state index in [2.05, 4.69) is 13.8 Å². The first-order chi connectivity index (χ1) is 5.18. The van der Waals surface area contributed by atoms with E-state index in [-0.39, 0.29) is 0 Å². The highest BCUT2D eigenvalue weighted by Crippen LogP contribution is 2.27. The molecule has 1 aliphatic heterocycles. The van der Waals surface area contributed by atoms with Gasteiger partial charge in [0.15, 0.2) is 0 Å². The number of rotatable bonds is 3. The van der Waals surface area contributed by atoms with Crippen molar-refractivity contribution in [2.24, 2.45) is 5.92 Å². The van der Waals surface area contributed by atoms with Gasteiger partial charge >= 0.3 is 0 Å². The Kier molecular flexibility index (Phi) is 2.87. The van der Waals surface area contributed by atoms with Crippen LogP contribution in [0.2, 0.25) is 0 Å². The summed E-state index contributed by atoms with van der Waals surface area (Å²) in [6.45, 7) is 5.51. The summed E-state index contributed by atoms with van der Waals surface area (Å²) in [6, 6.07) is 0. The van der Waals surface area contributed by atoms with Gasteiger partial charge in [-0.2, -0.15) is 0 Å². The van der Waals surface area contributed by atoms with Gasteiger partial charge < -0.3 is 14.2 Å². The molecule has 0 aromatic rings. The minimum absolute atomic E-state index is 0.521. The molecule has 0 radical (unpaired) electrons. The van der Waals surface area contributed by atoms with Crippen molar-refractivity contribution in [2.75, 3.05) is 20.3 Å². The van der Waals surface area contributed by atoms with E-state index in [4.69, 9.17) is 14.2 Å². The minimum Gasteiger partial charge on any atom is -0.331 e. The largest absolute Gasteiger partial charge is 0.331 e. The summed E-state index contributed by atoms with van der Waals surface area (Å²) in [5.41, 5.74) is 0. The van der Waals surface area contributed by atoms with Crippen LogP contribution in [0.1, 0.15) is 20.3 Å². The molecule has 0 aromatic carbocycles. The van der Waals surface area contributed by atoms with Crippen LogP contribution in [0.15, 0.2) is 0 Å². The van der Waals surface area contributed by atoms with Crippen LogP contribution in [0.25, 0.3) is 0 Å². The first kappa shape index (κ1) is 8.97. The quantitative estimate of drug-likeness (QED) is 0.624. The minimum atomic E-state index is -0.742. The van der Waals surface area contributed by atoms with Crippen molar-refractivity contribution in [2.45, 2.75) is 26.2 Å². The van der Waals surface area contributed by atoms with Crippen molar-refractivity contribution >= 4 is 0 Å². The van der Waals surface area contributed by atoms with Crippen LogP contribution in [-0.2, 0) is 14.2 Å². The molecular weight excluding hydrogens is 144 g/mol. The predicted molar refractivity (Wildman–Crippen MR) is 41.1 cm³/mol. The van der Waals surface area contributed by atoms with E-state index < -0.39 is 5.97 Å². The lowest BCUT2D eigenvalue weighted by atomic mass is 10.1. The van der Waals surface area contributed by atoms with Gasteiger partial charge in [-0.25, -0.2) is 0 Å². The molecule has 66 valence electrons. The second-order valence-corrected chi connectivity index (χ2v) is 3.18. The van der Waals surface area contributed by atoms with Crippen LogP contribution in [0.3, 0.4) is 0 Å². The molecule has 0 saturated carbocycles. The fourth-order valence-electron chi connectivity index (χ4n) is 1.26. The Labute approximate surface area is 67.6 Å².